The molecule has 1 unspecified atom stereocenters. The lowest BCUT2D eigenvalue weighted by molar-refractivity contribution is 0.488. The van der Waals surface area contributed by atoms with Crippen LogP contribution in [-0.4, -0.2) is 21.6 Å². The van der Waals surface area contributed by atoms with Gasteiger partial charge >= 0.3 is 5.69 Å². The molecular formula is C14H21ClN2O2S. The highest BCUT2D eigenvalue weighted by Crippen LogP contribution is 2.34. The summed E-state index contributed by atoms with van der Waals surface area (Å²) in [7, 11) is 0. The molecule has 0 bridgehead atoms. The van der Waals surface area contributed by atoms with Crippen LogP contribution in [0.15, 0.2) is 9.59 Å². The molecular weight excluding hydrogens is 296 g/mol. The van der Waals surface area contributed by atoms with Gasteiger partial charge in [0.2, 0.25) is 0 Å². The van der Waals surface area contributed by atoms with Crippen molar-refractivity contribution in [2.24, 2.45) is 0 Å². The maximum absolute atomic E-state index is 12.7. The topological polar surface area (TPSA) is 54.9 Å². The fraction of sp³-hybridized carbons (Fsp3) is 0.714. The maximum Gasteiger partial charge on any atom is 0.329 e. The molecule has 1 aliphatic carbocycles. The van der Waals surface area contributed by atoms with Gasteiger partial charge in [-0.05, 0) is 31.4 Å². The molecule has 0 aromatic carbocycles. The molecule has 1 fully saturated rings. The van der Waals surface area contributed by atoms with Gasteiger partial charge in [0.15, 0.2) is 0 Å². The SMILES string of the molecule is CCC(CSC)n1c(=O)[nH]c(Cl)c(C2CCCC2)c1=O. The lowest BCUT2D eigenvalue weighted by Crippen LogP contribution is -2.41. The molecule has 1 aliphatic rings. The van der Waals surface area contributed by atoms with Crippen LogP contribution in [0.4, 0.5) is 0 Å². The summed E-state index contributed by atoms with van der Waals surface area (Å²) in [6.07, 6.45) is 6.97. The normalized spacial score (nSPS) is 17.6. The Kier molecular flexibility index (Phi) is 5.38. The molecule has 0 radical (unpaired) electrons. The highest BCUT2D eigenvalue weighted by molar-refractivity contribution is 7.98. The van der Waals surface area contributed by atoms with Crippen molar-refractivity contribution in [1.29, 1.82) is 0 Å². The molecule has 4 nitrogen and oxygen atoms in total. The van der Waals surface area contributed by atoms with Gasteiger partial charge in [0, 0.05) is 5.75 Å². The fourth-order valence-electron chi connectivity index (χ4n) is 3.00. The first-order valence-electron chi connectivity index (χ1n) is 7.13. The Balaban J connectivity index is 2.54. The third-order valence-corrected chi connectivity index (χ3v) is 5.10. The predicted molar refractivity (Wildman–Crippen MR) is 85.3 cm³/mol. The molecule has 0 amide bonds. The Labute approximate surface area is 127 Å². The van der Waals surface area contributed by atoms with Crippen molar-refractivity contribution in [2.45, 2.75) is 51.0 Å². The van der Waals surface area contributed by atoms with Gasteiger partial charge in [0.1, 0.15) is 5.15 Å². The van der Waals surface area contributed by atoms with Crippen molar-refractivity contribution >= 4 is 23.4 Å². The summed E-state index contributed by atoms with van der Waals surface area (Å²) in [5, 5.41) is 0.238. The molecule has 6 heteroatoms. The van der Waals surface area contributed by atoms with E-state index in [4.69, 9.17) is 11.6 Å². The second-order valence-electron chi connectivity index (χ2n) is 5.33. The predicted octanol–water partition coefficient (Wildman–Crippen LogP) is 3.16. The van der Waals surface area contributed by atoms with Gasteiger partial charge in [-0.25, -0.2) is 4.79 Å². The third-order valence-electron chi connectivity index (χ3n) is 4.08. The van der Waals surface area contributed by atoms with Crippen LogP contribution in [0.5, 0.6) is 0 Å². The van der Waals surface area contributed by atoms with Crippen LogP contribution in [0.3, 0.4) is 0 Å². The molecule has 2 rings (SSSR count). The van der Waals surface area contributed by atoms with Crippen molar-refractivity contribution in [2.75, 3.05) is 12.0 Å². The standard InChI is InChI=1S/C14H21ClN2O2S/c1-3-10(8-20-2)17-13(18)11(9-6-4-5-7-9)12(15)16-14(17)19/h9-10H,3-8H2,1-2H3,(H,16,19). The minimum Gasteiger partial charge on any atom is -0.297 e. The molecule has 0 spiro atoms. The number of aromatic nitrogens is 2. The first-order chi connectivity index (χ1) is 9.60. The van der Waals surface area contributed by atoms with E-state index in [9.17, 15) is 9.59 Å². The van der Waals surface area contributed by atoms with E-state index >= 15 is 0 Å². The molecule has 1 atom stereocenters. The summed E-state index contributed by atoms with van der Waals surface area (Å²) >= 11 is 7.78. The number of H-pyrrole nitrogens is 1. The largest absolute Gasteiger partial charge is 0.329 e. The Hall–Kier alpha value is -0.680. The van der Waals surface area contributed by atoms with E-state index < -0.39 is 0 Å². The first-order valence-corrected chi connectivity index (χ1v) is 8.90. The Bertz CT molecular complexity index is 576. The number of aromatic amines is 1. The first kappa shape index (κ1) is 15.7. The van der Waals surface area contributed by atoms with E-state index in [0.29, 0.717) is 5.56 Å². The molecule has 0 saturated heterocycles. The van der Waals surface area contributed by atoms with Crippen molar-refractivity contribution in [3.63, 3.8) is 0 Å². The summed E-state index contributed by atoms with van der Waals surface area (Å²) in [5.41, 5.74) is 0.0394. The van der Waals surface area contributed by atoms with Gasteiger partial charge < -0.3 is 0 Å². The van der Waals surface area contributed by atoms with Crippen molar-refractivity contribution in [3.8, 4) is 0 Å². The summed E-state index contributed by atoms with van der Waals surface area (Å²) in [5.74, 6) is 0.954. The summed E-state index contributed by atoms with van der Waals surface area (Å²) in [6.45, 7) is 2.00. The summed E-state index contributed by atoms with van der Waals surface area (Å²) in [4.78, 5) is 27.5. The second-order valence-corrected chi connectivity index (χ2v) is 6.62. The molecule has 1 N–H and O–H groups in total. The number of hydrogen-bond acceptors (Lipinski definition) is 3. The van der Waals surface area contributed by atoms with E-state index in [1.165, 1.54) is 4.57 Å². The van der Waals surface area contributed by atoms with Crippen LogP contribution in [0.1, 0.15) is 56.6 Å². The van der Waals surface area contributed by atoms with Crippen LogP contribution >= 0.6 is 23.4 Å². The molecule has 1 aromatic rings. The van der Waals surface area contributed by atoms with Gasteiger partial charge in [-0.2, -0.15) is 11.8 Å². The van der Waals surface area contributed by atoms with Gasteiger partial charge in [-0.1, -0.05) is 31.4 Å². The smallest absolute Gasteiger partial charge is 0.297 e. The molecule has 1 heterocycles. The lowest BCUT2D eigenvalue weighted by atomic mass is 10.0. The number of hydrogen-bond donors (Lipinski definition) is 1. The van der Waals surface area contributed by atoms with E-state index in [1.54, 1.807) is 11.8 Å². The fourth-order valence-corrected chi connectivity index (χ4v) is 4.09. The minimum atomic E-state index is -0.386. The van der Waals surface area contributed by atoms with Gasteiger partial charge in [-0.3, -0.25) is 14.3 Å². The molecule has 1 saturated carbocycles. The second kappa shape index (κ2) is 6.85. The average molecular weight is 317 g/mol. The highest BCUT2D eigenvalue weighted by Gasteiger charge is 2.26. The van der Waals surface area contributed by atoms with Crippen LogP contribution in [0, 0.1) is 0 Å². The number of thioether (sulfide) groups is 1. The number of halogens is 1. The quantitative estimate of drug-likeness (QED) is 0.849. The highest BCUT2D eigenvalue weighted by atomic mass is 35.5. The zero-order chi connectivity index (χ0) is 14.7. The lowest BCUT2D eigenvalue weighted by Gasteiger charge is -2.19. The van der Waals surface area contributed by atoms with Gasteiger partial charge in [0.25, 0.3) is 5.56 Å². The number of rotatable bonds is 5. The third kappa shape index (κ3) is 2.98. The van der Waals surface area contributed by atoms with Crippen LogP contribution in [-0.2, 0) is 0 Å². The molecule has 0 aliphatic heterocycles. The van der Waals surface area contributed by atoms with Crippen molar-refractivity contribution in [1.82, 2.24) is 9.55 Å². The zero-order valence-electron chi connectivity index (χ0n) is 11.9. The zero-order valence-corrected chi connectivity index (χ0v) is 13.5. The van der Waals surface area contributed by atoms with E-state index in [2.05, 4.69) is 4.98 Å². The summed E-state index contributed by atoms with van der Waals surface area (Å²) < 4.78 is 1.37. The van der Waals surface area contributed by atoms with Crippen LogP contribution in [0.2, 0.25) is 5.15 Å². The molecule has 1 aromatic heterocycles. The van der Waals surface area contributed by atoms with Gasteiger partial charge in [-0.15, -0.1) is 0 Å². The Morgan fingerprint density at radius 1 is 1.40 bits per heavy atom. The van der Waals surface area contributed by atoms with Crippen LogP contribution < -0.4 is 11.2 Å². The average Bonchev–Trinajstić information content (AvgIpc) is 2.90. The minimum absolute atomic E-state index is 0.0707. The number of nitrogens with one attached hydrogen (secondary N) is 1. The Morgan fingerprint density at radius 2 is 2.05 bits per heavy atom. The van der Waals surface area contributed by atoms with Crippen LogP contribution in [0.25, 0.3) is 0 Å². The monoisotopic (exact) mass is 316 g/mol. The van der Waals surface area contributed by atoms with E-state index in [1.807, 2.05) is 13.2 Å². The van der Waals surface area contributed by atoms with Crippen molar-refractivity contribution in [3.05, 3.63) is 31.6 Å². The van der Waals surface area contributed by atoms with E-state index in [-0.39, 0.29) is 28.4 Å². The maximum atomic E-state index is 12.7. The molecule has 112 valence electrons. The molecule has 20 heavy (non-hydrogen) atoms. The Morgan fingerprint density at radius 3 is 2.60 bits per heavy atom. The van der Waals surface area contributed by atoms with Crippen molar-refractivity contribution < 1.29 is 0 Å². The number of nitrogens with zero attached hydrogens (tertiary/aromatic N) is 1. The van der Waals surface area contributed by atoms with Gasteiger partial charge in [0.05, 0.1) is 11.6 Å². The van der Waals surface area contributed by atoms with E-state index in [0.717, 1.165) is 37.9 Å². The summed E-state index contributed by atoms with van der Waals surface area (Å²) in [6, 6.07) is -0.0707.